The van der Waals surface area contributed by atoms with Crippen molar-refractivity contribution in [2.45, 2.75) is 38.8 Å². The van der Waals surface area contributed by atoms with Gasteiger partial charge in [-0.25, -0.2) is 0 Å². The Kier molecular flexibility index (Phi) is 6.71. The Hall–Kier alpha value is -2.36. The number of halogens is 1. The average molecular weight is 492 g/mol. The molecule has 0 spiro atoms. The molecule has 0 radical (unpaired) electrons. The summed E-state index contributed by atoms with van der Waals surface area (Å²) < 4.78 is 1.94. The molecular weight excluding hydrogens is 467 g/mol. The molecule has 0 aliphatic heterocycles. The van der Waals surface area contributed by atoms with Gasteiger partial charge in [0.05, 0.1) is 6.54 Å². The van der Waals surface area contributed by atoms with Crippen molar-refractivity contribution < 1.29 is 5.11 Å². The Morgan fingerprint density at radius 1 is 1.11 bits per heavy atom. The number of aromatic hydroxyl groups is 1. The molecule has 8 heteroatoms. The van der Waals surface area contributed by atoms with Crippen LogP contribution in [0.15, 0.2) is 41.5 Å². The van der Waals surface area contributed by atoms with E-state index in [9.17, 15) is 5.11 Å². The zero-order valence-electron chi connectivity index (χ0n) is 15.9. The predicted molar refractivity (Wildman–Crippen MR) is 120 cm³/mol. The quantitative estimate of drug-likeness (QED) is 0.296. The van der Waals surface area contributed by atoms with Crippen molar-refractivity contribution >= 4 is 35.6 Å². The summed E-state index contributed by atoms with van der Waals surface area (Å²) in [6, 6.07) is 9.67. The van der Waals surface area contributed by atoms with E-state index in [2.05, 4.69) is 31.9 Å². The van der Waals surface area contributed by atoms with E-state index in [1.165, 1.54) is 24.0 Å². The van der Waals surface area contributed by atoms with E-state index < -0.39 is 0 Å². The van der Waals surface area contributed by atoms with Crippen LogP contribution in [0.4, 0.5) is 0 Å². The van der Waals surface area contributed by atoms with E-state index in [0.29, 0.717) is 24.8 Å². The third kappa shape index (κ3) is 4.21. The molecule has 1 aliphatic rings. The minimum atomic E-state index is 0. The molecule has 0 atom stereocenters. The van der Waals surface area contributed by atoms with Crippen LogP contribution in [0.2, 0.25) is 0 Å². The lowest BCUT2D eigenvalue weighted by atomic mass is 9.88. The zero-order chi connectivity index (χ0) is 18.6. The Labute approximate surface area is 181 Å². The van der Waals surface area contributed by atoms with Gasteiger partial charge >= 0.3 is 0 Å². The molecule has 28 heavy (non-hydrogen) atoms. The smallest absolute Gasteiger partial charge is 0.191 e. The van der Waals surface area contributed by atoms with Gasteiger partial charge in [-0.2, -0.15) is 0 Å². The molecule has 0 saturated carbocycles. The van der Waals surface area contributed by atoms with E-state index in [-0.39, 0.29) is 24.0 Å². The van der Waals surface area contributed by atoms with Crippen LogP contribution in [0.1, 0.15) is 35.4 Å². The van der Waals surface area contributed by atoms with Gasteiger partial charge in [0.1, 0.15) is 5.75 Å². The number of pyridine rings is 1. The molecule has 2 aromatic heterocycles. The molecule has 1 aromatic carbocycles. The molecule has 0 saturated heterocycles. The molecule has 0 bridgehead atoms. The molecule has 3 aromatic rings. The summed E-state index contributed by atoms with van der Waals surface area (Å²) >= 11 is 0. The number of phenols is 1. The third-order valence-electron chi connectivity index (χ3n) is 5.08. The molecule has 1 aliphatic carbocycles. The van der Waals surface area contributed by atoms with Gasteiger partial charge in [-0.05, 0) is 55.0 Å². The van der Waals surface area contributed by atoms with Crippen molar-refractivity contribution in [1.29, 1.82) is 0 Å². The number of aryl methyl sites for hydroxylation is 1. The van der Waals surface area contributed by atoms with Crippen LogP contribution in [0.25, 0.3) is 5.65 Å². The summed E-state index contributed by atoms with van der Waals surface area (Å²) in [5, 5.41) is 25.3. The summed E-state index contributed by atoms with van der Waals surface area (Å²) in [6.07, 6.45) is 6.46. The lowest BCUT2D eigenvalue weighted by Crippen LogP contribution is -2.37. The summed E-state index contributed by atoms with van der Waals surface area (Å²) in [6.45, 7) is 1.04. The number of aromatic nitrogens is 3. The van der Waals surface area contributed by atoms with Gasteiger partial charge in [-0.3, -0.25) is 9.39 Å². The molecule has 0 unspecified atom stereocenters. The van der Waals surface area contributed by atoms with Gasteiger partial charge in [0.15, 0.2) is 17.4 Å². The maximum absolute atomic E-state index is 10.3. The van der Waals surface area contributed by atoms with Crippen LogP contribution in [0.5, 0.6) is 5.75 Å². The Balaban J connectivity index is 0.00000225. The van der Waals surface area contributed by atoms with Gasteiger partial charge in [0, 0.05) is 25.4 Å². The van der Waals surface area contributed by atoms with Gasteiger partial charge in [-0.1, -0.05) is 12.1 Å². The third-order valence-corrected chi connectivity index (χ3v) is 5.08. The number of hydrogen-bond donors (Lipinski definition) is 3. The second-order valence-electron chi connectivity index (χ2n) is 6.73. The minimum absolute atomic E-state index is 0. The Bertz CT molecular complexity index is 984. The highest BCUT2D eigenvalue weighted by Crippen LogP contribution is 2.30. The van der Waals surface area contributed by atoms with Gasteiger partial charge in [-0.15, -0.1) is 34.2 Å². The maximum atomic E-state index is 10.3. The fourth-order valence-corrected chi connectivity index (χ4v) is 3.66. The number of hydrogen-bond acceptors (Lipinski definition) is 4. The predicted octanol–water partition coefficient (Wildman–Crippen LogP) is 2.80. The van der Waals surface area contributed by atoms with Crippen molar-refractivity contribution in [3.63, 3.8) is 0 Å². The van der Waals surface area contributed by atoms with Crippen molar-refractivity contribution in [1.82, 2.24) is 25.2 Å². The normalized spacial score (nSPS) is 13.7. The van der Waals surface area contributed by atoms with Crippen LogP contribution in [0.3, 0.4) is 0 Å². The van der Waals surface area contributed by atoms with Crippen LogP contribution >= 0.6 is 24.0 Å². The van der Waals surface area contributed by atoms with E-state index >= 15 is 0 Å². The Morgan fingerprint density at radius 3 is 2.79 bits per heavy atom. The second kappa shape index (κ2) is 9.22. The topological polar surface area (TPSA) is 86.8 Å². The van der Waals surface area contributed by atoms with Gasteiger partial charge < -0.3 is 15.7 Å². The number of rotatable bonds is 4. The highest BCUT2D eigenvalue weighted by atomic mass is 127. The second-order valence-corrected chi connectivity index (χ2v) is 6.73. The SMILES string of the molecule is CN=C(NCc1c(O)ccc2c1CCCC2)NCc1nnc2ccccn12.I. The molecule has 0 amide bonds. The van der Waals surface area contributed by atoms with Crippen LogP contribution in [-0.2, 0) is 25.9 Å². The van der Waals surface area contributed by atoms with E-state index in [4.69, 9.17) is 0 Å². The summed E-state index contributed by atoms with van der Waals surface area (Å²) in [7, 11) is 1.73. The van der Waals surface area contributed by atoms with E-state index in [1.54, 1.807) is 13.1 Å². The van der Waals surface area contributed by atoms with Crippen molar-refractivity contribution in [3.8, 4) is 5.75 Å². The van der Waals surface area contributed by atoms with E-state index in [1.807, 2.05) is 28.8 Å². The molecule has 148 valence electrons. The standard InChI is InChI=1S/C20H24N6O.HI/c1-21-20(23-13-19-25-24-18-8-4-5-11-26(18)19)22-12-16-15-7-3-2-6-14(15)9-10-17(16)27;/h4-5,8-11,27H,2-3,6-7,12-13H2,1H3,(H2,21,22,23);1H. The lowest BCUT2D eigenvalue weighted by molar-refractivity contribution is 0.464. The van der Waals surface area contributed by atoms with Gasteiger partial charge in [0.25, 0.3) is 0 Å². The first-order valence-corrected chi connectivity index (χ1v) is 9.32. The van der Waals surface area contributed by atoms with Crippen LogP contribution < -0.4 is 10.6 Å². The number of benzene rings is 1. The van der Waals surface area contributed by atoms with Crippen molar-refractivity contribution in [3.05, 3.63) is 59.0 Å². The fourth-order valence-electron chi connectivity index (χ4n) is 3.66. The molecule has 0 fully saturated rings. The van der Waals surface area contributed by atoms with Crippen LogP contribution in [-0.4, -0.2) is 32.7 Å². The minimum Gasteiger partial charge on any atom is -0.508 e. The van der Waals surface area contributed by atoms with Crippen molar-refractivity contribution in [2.75, 3.05) is 7.05 Å². The first kappa shape index (κ1) is 20.4. The lowest BCUT2D eigenvalue weighted by Gasteiger charge is -2.21. The highest BCUT2D eigenvalue weighted by molar-refractivity contribution is 14.0. The van der Waals surface area contributed by atoms with E-state index in [0.717, 1.165) is 29.9 Å². The fraction of sp³-hybridized carbons (Fsp3) is 0.350. The summed E-state index contributed by atoms with van der Waals surface area (Å²) in [5.41, 5.74) is 4.43. The molecule has 3 N–H and O–H groups in total. The number of guanidine groups is 1. The first-order chi connectivity index (χ1) is 13.3. The molecular formula is C20H25IN6O. The maximum Gasteiger partial charge on any atom is 0.191 e. The molecule has 4 rings (SSSR count). The highest BCUT2D eigenvalue weighted by Gasteiger charge is 2.16. The number of nitrogens with one attached hydrogen (secondary N) is 2. The summed E-state index contributed by atoms with van der Waals surface area (Å²) in [4.78, 5) is 4.28. The number of nitrogens with zero attached hydrogens (tertiary/aromatic N) is 4. The average Bonchev–Trinajstić information content (AvgIpc) is 3.12. The molecule has 7 nitrogen and oxygen atoms in total. The van der Waals surface area contributed by atoms with Gasteiger partial charge in [0.2, 0.25) is 0 Å². The largest absolute Gasteiger partial charge is 0.508 e. The summed E-state index contributed by atoms with van der Waals surface area (Å²) in [5.74, 6) is 1.83. The van der Waals surface area contributed by atoms with Crippen LogP contribution in [0, 0.1) is 0 Å². The Morgan fingerprint density at radius 2 is 1.93 bits per heavy atom. The first-order valence-electron chi connectivity index (χ1n) is 9.32. The number of aliphatic imine (C=N–C) groups is 1. The van der Waals surface area contributed by atoms with Crippen molar-refractivity contribution in [2.24, 2.45) is 4.99 Å². The molecule has 2 heterocycles. The number of phenolic OH excluding ortho intramolecular Hbond substituents is 1. The number of fused-ring (bicyclic) bond motifs is 2. The zero-order valence-corrected chi connectivity index (χ0v) is 18.2. The monoisotopic (exact) mass is 492 g/mol.